The minimum Gasteiger partial charge on any atom is -0.366 e. The molecule has 3 N–H and O–H groups in total. The van der Waals surface area contributed by atoms with E-state index < -0.39 is 11.8 Å². The van der Waals surface area contributed by atoms with E-state index in [9.17, 15) is 13.6 Å². The van der Waals surface area contributed by atoms with E-state index in [0.717, 1.165) is 11.8 Å². The van der Waals surface area contributed by atoms with Gasteiger partial charge in [-0.05, 0) is 19.9 Å². The van der Waals surface area contributed by atoms with E-state index in [2.05, 4.69) is 37.7 Å². The summed E-state index contributed by atoms with van der Waals surface area (Å²) in [7, 11) is 1.81. The molecule has 4 rings (SSSR count). The summed E-state index contributed by atoms with van der Waals surface area (Å²) in [5.41, 5.74) is 6.49. The second-order valence-electron chi connectivity index (χ2n) is 7.45. The van der Waals surface area contributed by atoms with Crippen molar-refractivity contribution >= 4 is 34.5 Å². The van der Waals surface area contributed by atoms with Crippen LogP contribution in [0.3, 0.4) is 0 Å². The maximum Gasteiger partial charge on any atom is 0.267 e. The van der Waals surface area contributed by atoms with Crippen molar-refractivity contribution in [1.29, 1.82) is 0 Å². The lowest BCUT2D eigenvalue weighted by Gasteiger charge is -2.18. The van der Waals surface area contributed by atoms with Crippen molar-refractivity contribution < 1.29 is 13.6 Å². The zero-order chi connectivity index (χ0) is 22.8. The molecule has 12 heteroatoms. The van der Waals surface area contributed by atoms with Crippen molar-refractivity contribution in [1.82, 2.24) is 29.3 Å². The van der Waals surface area contributed by atoms with Crippen molar-refractivity contribution in [2.24, 2.45) is 12.8 Å². The molecule has 0 atom stereocenters. The van der Waals surface area contributed by atoms with Gasteiger partial charge in [-0.1, -0.05) is 6.58 Å². The Morgan fingerprint density at radius 1 is 1.39 bits per heavy atom. The molecular formula is C19H25F2N9O. The number of primary amides is 1. The van der Waals surface area contributed by atoms with E-state index in [-0.39, 0.29) is 31.5 Å². The molecule has 0 spiro atoms. The van der Waals surface area contributed by atoms with Gasteiger partial charge in [0.15, 0.2) is 17.0 Å². The van der Waals surface area contributed by atoms with Crippen molar-refractivity contribution in [2.45, 2.75) is 32.2 Å². The van der Waals surface area contributed by atoms with Crippen LogP contribution >= 0.6 is 0 Å². The van der Waals surface area contributed by atoms with Gasteiger partial charge in [-0.15, -0.1) is 0 Å². The largest absolute Gasteiger partial charge is 0.366 e. The highest BCUT2D eigenvalue weighted by Crippen LogP contribution is 2.32. The number of carbonyl (C=O) groups excluding carboxylic acids is 1. The lowest BCUT2D eigenvalue weighted by atomic mass is 10.3. The maximum absolute atomic E-state index is 13.7. The fraction of sp³-hybridized carbons (Fsp3) is 0.421. The summed E-state index contributed by atoms with van der Waals surface area (Å²) in [4.78, 5) is 24.4. The number of fused-ring (bicyclic) bond motifs is 1. The molecule has 1 saturated heterocycles. The number of anilines is 3. The van der Waals surface area contributed by atoms with Gasteiger partial charge < -0.3 is 20.5 Å². The minimum absolute atomic E-state index is 0.133. The molecule has 1 aliphatic rings. The van der Waals surface area contributed by atoms with Crippen molar-refractivity contribution in [3.8, 4) is 0 Å². The Morgan fingerprint density at radius 3 is 2.61 bits per heavy atom. The quantitative estimate of drug-likeness (QED) is 0.593. The molecule has 1 aliphatic heterocycles. The van der Waals surface area contributed by atoms with Crippen LogP contribution in [0.15, 0.2) is 31.4 Å². The van der Waals surface area contributed by atoms with E-state index in [0.29, 0.717) is 17.0 Å². The fourth-order valence-electron chi connectivity index (χ4n) is 3.04. The van der Waals surface area contributed by atoms with Crippen LogP contribution in [0.4, 0.5) is 26.2 Å². The third-order valence-corrected chi connectivity index (χ3v) is 4.59. The second kappa shape index (κ2) is 8.66. The average molecular weight is 433 g/mol. The lowest BCUT2D eigenvalue weighted by Crippen LogP contribution is -2.26. The third-order valence-electron chi connectivity index (χ3n) is 4.59. The van der Waals surface area contributed by atoms with Crippen LogP contribution in [-0.2, 0) is 11.8 Å². The molecule has 166 valence electrons. The first kappa shape index (κ1) is 22.1. The standard InChI is InChI=1S/C16H20F2N8.C3H5NO/c1-10(2)26-9-19-12-13(21-11-6-20-24(3)7-11)22-15(23-14(12)26)25-5-4-16(17,18)8-25;1-2-3(4)5/h6-7,9-10H,4-5,8H2,1-3H3,(H,21,22,23);2H,1H2,(H2,4,5). The van der Waals surface area contributed by atoms with Gasteiger partial charge in [-0.25, -0.2) is 13.8 Å². The molecule has 0 aromatic carbocycles. The van der Waals surface area contributed by atoms with Crippen LogP contribution in [0.1, 0.15) is 26.3 Å². The number of carbonyl (C=O) groups is 1. The number of hydrogen-bond acceptors (Lipinski definition) is 7. The predicted octanol–water partition coefficient (Wildman–Crippen LogP) is 2.39. The highest BCUT2D eigenvalue weighted by Gasteiger charge is 2.39. The average Bonchev–Trinajstić information content (AvgIpc) is 3.40. The third kappa shape index (κ3) is 5.13. The predicted molar refractivity (Wildman–Crippen MR) is 113 cm³/mol. The SMILES string of the molecule is C=CC(N)=O.CC(C)n1cnc2c(Nc3cnn(C)c3)nc(N3CCC(F)(F)C3)nc21. The molecule has 1 fully saturated rings. The normalized spacial score (nSPS) is 15.1. The molecule has 0 saturated carbocycles. The summed E-state index contributed by atoms with van der Waals surface area (Å²) in [6.45, 7) is 6.96. The molecule has 10 nitrogen and oxygen atoms in total. The smallest absolute Gasteiger partial charge is 0.267 e. The van der Waals surface area contributed by atoms with Gasteiger partial charge in [0.05, 0.1) is 24.8 Å². The summed E-state index contributed by atoms with van der Waals surface area (Å²) in [6.07, 6.45) is 6.03. The molecule has 31 heavy (non-hydrogen) atoms. The van der Waals surface area contributed by atoms with Gasteiger partial charge in [0.25, 0.3) is 5.92 Å². The van der Waals surface area contributed by atoms with E-state index in [4.69, 9.17) is 0 Å². The lowest BCUT2D eigenvalue weighted by molar-refractivity contribution is -0.113. The number of nitrogens with one attached hydrogen (secondary N) is 1. The van der Waals surface area contributed by atoms with Gasteiger partial charge in [-0.3, -0.25) is 9.48 Å². The highest BCUT2D eigenvalue weighted by atomic mass is 19.3. The molecule has 1 amide bonds. The molecule has 3 aromatic rings. The zero-order valence-corrected chi connectivity index (χ0v) is 17.6. The number of rotatable bonds is 5. The van der Waals surface area contributed by atoms with E-state index in [1.54, 1.807) is 23.4 Å². The van der Waals surface area contributed by atoms with Gasteiger partial charge in [0, 0.05) is 32.3 Å². The van der Waals surface area contributed by atoms with Crippen molar-refractivity contribution in [3.63, 3.8) is 0 Å². The first-order chi connectivity index (χ1) is 14.6. The number of aromatic nitrogens is 6. The van der Waals surface area contributed by atoms with Gasteiger partial charge in [-0.2, -0.15) is 15.1 Å². The van der Waals surface area contributed by atoms with Crippen LogP contribution < -0.4 is 16.0 Å². The Bertz CT molecular complexity index is 1090. The summed E-state index contributed by atoms with van der Waals surface area (Å²) >= 11 is 0. The Labute approximate surface area is 177 Å². The monoisotopic (exact) mass is 433 g/mol. The number of halogens is 2. The van der Waals surface area contributed by atoms with E-state index >= 15 is 0 Å². The van der Waals surface area contributed by atoms with Crippen molar-refractivity contribution in [3.05, 3.63) is 31.4 Å². The summed E-state index contributed by atoms with van der Waals surface area (Å²) in [5, 5.41) is 7.30. The Morgan fingerprint density at radius 2 is 2.10 bits per heavy atom. The molecular weight excluding hydrogens is 408 g/mol. The Kier molecular flexibility index (Phi) is 6.18. The second-order valence-corrected chi connectivity index (χ2v) is 7.45. The van der Waals surface area contributed by atoms with Crippen LogP contribution in [0.25, 0.3) is 11.2 Å². The van der Waals surface area contributed by atoms with Crippen LogP contribution in [0.5, 0.6) is 0 Å². The summed E-state index contributed by atoms with van der Waals surface area (Å²) < 4.78 is 30.9. The molecule has 0 bridgehead atoms. The number of alkyl halides is 2. The number of nitrogens with two attached hydrogens (primary N) is 1. The fourth-order valence-corrected chi connectivity index (χ4v) is 3.04. The molecule has 0 aliphatic carbocycles. The summed E-state index contributed by atoms with van der Waals surface area (Å²) in [5.74, 6) is -2.44. The number of amides is 1. The maximum atomic E-state index is 13.7. The highest BCUT2D eigenvalue weighted by molar-refractivity contribution is 5.86. The van der Waals surface area contributed by atoms with Gasteiger partial charge >= 0.3 is 0 Å². The topological polar surface area (TPSA) is 120 Å². The zero-order valence-electron chi connectivity index (χ0n) is 17.6. The first-order valence-electron chi connectivity index (χ1n) is 9.64. The molecule has 3 aromatic heterocycles. The Hall–Kier alpha value is -3.57. The van der Waals surface area contributed by atoms with Crippen LogP contribution in [0, 0.1) is 0 Å². The van der Waals surface area contributed by atoms with Crippen molar-refractivity contribution in [2.75, 3.05) is 23.3 Å². The molecule has 4 heterocycles. The minimum atomic E-state index is -2.71. The van der Waals surface area contributed by atoms with E-state index in [1.807, 2.05) is 25.5 Å². The number of nitrogens with zero attached hydrogens (tertiary/aromatic N) is 7. The molecule has 0 unspecified atom stereocenters. The first-order valence-corrected chi connectivity index (χ1v) is 9.64. The number of imidazole rings is 1. The molecule has 0 radical (unpaired) electrons. The Balaban J connectivity index is 0.000000491. The van der Waals surface area contributed by atoms with E-state index in [1.165, 1.54) is 4.90 Å². The summed E-state index contributed by atoms with van der Waals surface area (Å²) in [6, 6.07) is 0.133. The number of hydrogen-bond donors (Lipinski definition) is 2. The van der Waals surface area contributed by atoms with Gasteiger partial charge in [0.2, 0.25) is 11.9 Å². The van der Waals surface area contributed by atoms with Crippen LogP contribution in [-0.4, -0.2) is 54.2 Å². The van der Waals surface area contributed by atoms with Gasteiger partial charge in [0.1, 0.15) is 0 Å². The van der Waals surface area contributed by atoms with Crippen LogP contribution in [0.2, 0.25) is 0 Å². The number of aryl methyl sites for hydroxylation is 1.